The van der Waals surface area contributed by atoms with Crippen LogP contribution in [0.3, 0.4) is 0 Å². The average Bonchev–Trinajstić information content (AvgIpc) is 2.84. The second kappa shape index (κ2) is 4.31. The van der Waals surface area contributed by atoms with Crippen LogP contribution in [0, 0.1) is 0 Å². The number of aliphatic hydroxyl groups is 2. The van der Waals surface area contributed by atoms with Crippen LogP contribution in [0.25, 0.3) is 0 Å². The number of benzene rings is 1. The summed E-state index contributed by atoms with van der Waals surface area (Å²) in [4.78, 5) is 0. The SMILES string of the molecule is CC(C)(C)O.OC1(c2ccccc2)CO1. The topological polar surface area (TPSA) is 53.0 Å². The quantitative estimate of drug-likeness (QED) is 0.693. The minimum absolute atomic E-state index is 0.428. The molecule has 0 saturated carbocycles. The fourth-order valence-electron chi connectivity index (χ4n) is 0.934. The van der Waals surface area contributed by atoms with Crippen LogP contribution >= 0.6 is 0 Å². The monoisotopic (exact) mass is 210 g/mol. The number of hydrogen-bond donors (Lipinski definition) is 2. The Morgan fingerprint density at radius 1 is 1.20 bits per heavy atom. The van der Waals surface area contributed by atoms with E-state index in [0.29, 0.717) is 6.61 Å². The van der Waals surface area contributed by atoms with Crippen LogP contribution in [0.15, 0.2) is 30.3 Å². The van der Waals surface area contributed by atoms with Gasteiger partial charge in [0, 0.05) is 5.56 Å². The molecule has 0 aromatic heterocycles. The lowest BCUT2D eigenvalue weighted by atomic mass is 10.1. The van der Waals surface area contributed by atoms with E-state index in [1.807, 2.05) is 30.3 Å². The first-order valence-electron chi connectivity index (χ1n) is 4.95. The van der Waals surface area contributed by atoms with Gasteiger partial charge in [-0.15, -0.1) is 0 Å². The van der Waals surface area contributed by atoms with E-state index in [0.717, 1.165) is 5.56 Å². The summed E-state index contributed by atoms with van der Waals surface area (Å²) < 4.78 is 4.84. The Hall–Kier alpha value is -0.900. The van der Waals surface area contributed by atoms with Crippen molar-refractivity contribution in [2.24, 2.45) is 0 Å². The van der Waals surface area contributed by atoms with Gasteiger partial charge in [-0.1, -0.05) is 30.3 Å². The number of ether oxygens (including phenoxy) is 1. The minimum Gasteiger partial charge on any atom is -0.391 e. The van der Waals surface area contributed by atoms with Crippen LogP contribution in [0.1, 0.15) is 26.3 Å². The molecule has 2 N–H and O–H groups in total. The van der Waals surface area contributed by atoms with E-state index in [2.05, 4.69) is 0 Å². The Morgan fingerprint density at radius 3 is 1.93 bits per heavy atom. The fraction of sp³-hybridized carbons (Fsp3) is 0.500. The molecule has 0 bridgehead atoms. The minimum atomic E-state index is -0.957. The molecule has 1 aromatic carbocycles. The highest BCUT2D eigenvalue weighted by Crippen LogP contribution is 2.34. The third-order valence-corrected chi connectivity index (χ3v) is 1.64. The van der Waals surface area contributed by atoms with Gasteiger partial charge in [0.1, 0.15) is 6.61 Å². The van der Waals surface area contributed by atoms with Crippen molar-refractivity contribution >= 4 is 0 Å². The maximum atomic E-state index is 9.38. The van der Waals surface area contributed by atoms with Gasteiger partial charge in [-0.05, 0) is 20.8 Å². The predicted molar refractivity (Wildman–Crippen MR) is 58.3 cm³/mol. The largest absolute Gasteiger partial charge is 0.391 e. The first kappa shape index (κ1) is 12.2. The van der Waals surface area contributed by atoms with Crippen LogP contribution in [-0.4, -0.2) is 22.4 Å². The third kappa shape index (κ3) is 4.93. The standard InChI is InChI=1S/C8H8O2.C4H10O/c9-8(6-10-8)7-4-2-1-3-5-7;1-4(2,3)5/h1-5,9H,6H2;5H,1-3H3. The van der Waals surface area contributed by atoms with E-state index in [-0.39, 0.29) is 0 Å². The molecule has 2 rings (SSSR count). The smallest absolute Gasteiger partial charge is 0.217 e. The summed E-state index contributed by atoms with van der Waals surface area (Å²) in [6.07, 6.45) is 0. The molecule has 0 spiro atoms. The van der Waals surface area contributed by atoms with E-state index >= 15 is 0 Å². The zero-order valence-corrected chi connectivity index (χ0v) is 9.40. The van der Waals surface area contributed by atoms with Gasteiger partial charge < -0.3 is 14.9 Å². The highest BCUT2D eigenvalue weighted by Gasteiger charge is 2.44. The van der Waals surface area contributed by atoms with Crippen molar-refractivity contribution in [1.29, 1.82) is 0 Å². The average molecular weight is 210 g/mol. The van der Waals surface area contributed by atoms with Crippen molar-refractivity contribution in [3.8, 4) is 0 Å². The summed E-state index contributed by atoms with van der Waals surface area (Å²) in [6, 6.07) is 9.39. The van der Waals surface area contributed by atoms with Crippen molar-refractivity contribution < 1.29 is 14.9 Å². The van der Waals surface area contributed by atoms with Crippen molar-refractivity contribution in [2.45, 2.75) is 32.2 Å². The van der Waals surface area contributed by atoms with Crippen LogP contribution in [0.4, 0.5) is 0 Å². The molecule has 1 aliphatic heterocycles. The van der Waals surface area contributed by atoms with Gasteiger partial charge in [-0.2, -0.15) is 0 Å². The maximum absolute atomic E-state index is 9.38. The van der Waals surface area contributed by atoms with Gasteiger partial charge in [0.25, 0.3) is 0 Å². The molecule has 1 aromatic rings. The summed E-state index contributed by atoms with van der Waals surface area (Å²) in [5.74, 6) is -0.957. The number of epoxide rings is 1. The third-order valence-electron chi connectivity index (χ3n) is 1.64. The summed E-state index contributed by atoms with van der Waals surface area (Å²) in [5, 5.41) is 17.9. The Balaban J connectivity index is 0.000000195. The molecule has 15 heavy (non-hydrogen) atoms. The van der Waals surface area contributed by atoms with Crippen LogP contribution in [-0.2, 0) is 10.5 Å². The highest BCUT2D eigenvalue weighted by molar-refractivity contribution is 5.22. The lowest BCUT2D eigenvalue weighted by Crippen LogP contribution is -2.10. The molecule has 3 heteroatoms. The summed E-state index contributed by atoms with van der Waals surface area (Å²) in [6.45, 7) is 5.66. The van der Waals surface area contributed by atoms with Gasteiger partial charge in [-0.25, -0.2) is 0 Å². The second-order valence-corrected chi connectivity index (χ2v) is 4.61. The molecule has 84 valence electrons. The van der Waals surface area contributed by atoms with E-state index in [1.54, 1.807) is 20.8 Å². The van der Waals surface area contributed by atoms with Crippen LogP contribution in [0.2, 0.25) is 0 Å². The summed E-state index contributed by atoms with van der Waals surface area (Å²) in [7, 11) is 0. The molecule has 1 fully saturated rings. The van der Waals surface area contributed by atoms with E-state index in [1.165, 1.54) is 0 Å². The molecule has 1 atom stereocenters. The van der Waals surface area contributed by atoms with Crippen LogP contribution < -0.4 is 0 Å². The molecular weight excluding hydrogens is 192 g/mol. The lowest BCUT2D eigenvalue weighted by Gasteiger charge is -2.04. The molecular formula is C12H18O3. The Labute approximate surface area is 90.3 Å². The molecule has 1 unspecified atom stereocenters. The molecule has 1 saturated heterocycles. The predicted octanol–water partition coefficient (Wildman–Crippen LogP) is 1.64. The summed E-state index contributed by atoms with van der Waals surface area (Å²) >= 11 is 0. The zero-order chi connectivity index (χ0) is 11.5. The second-order valence-electron chi connectivity index (χ2n) is 4.61. The highest BCUT2D eigenvalue weighted by atomic mass is 16.7. The lowest BCUT2D eigenvalue weighted by molar-refractivity contribution is 0.0334. The molecule has 0 aliphatic carbocycles. The number of hydrogen-bond acceptors (Lipinski definition) is 3. The van der Waals surface area contributed by atoms with Crippen molar-refractivity contribution in [3.63, 3.8) is 0 Å². The Kier molecular flexibility index (Phi) is 3.50. The van der Waals surface area contributed by atoms with Crippen LogP contribution in [0.5, 0.6) is 0 Å². The Morgan fingerprint density at radius 2 is 1.60 bits per heavy atom. The molecule has 3 nitrogen and oxygen atoms in total. The summed E-state index contributed by atoms with van der Waals surface area (Å²) in [5.41, 5.74) is 0.343. The first-order valence-corrected chi connectivity index (χ1v) is 4.95. The fourth-order valence-corrected chi connectivity index (χ4v) is 0.934. The van der Waals surface area contributed by atoms with Gasteiger partial charge >= 0.3 is 0 Å². The zero-order valence-electron chi connectivity index (χ0n) is 9.40. The van der Waals surface area contributed by atoms with Gasteiger partial charge in [0.2, 0.25) is 5.79 Å². The van der Waals surface area contributed by atoms with Crippen molar-refractivity contribution in [1.82, 2.24) is 0 Å². The Bertz CT molecular complexity index is 290. The van der Waals surface area contributed by atoms with Gasteiger partial charge in [-0.3, -0.25) is 0 Å². The van der Waals surface area contributed by atoms with Crippen molar-refractivity contribution in [2.75, 3.05) is 6.61 Å². The van der Waals surface area contributed by atoms with Gasteiger partial charge in [0.05, 0.1) is 5.60 Å². The van der Waals surface area contributed by atoms with Gasteiger partial charge in [0.15, 0.2) is 0 Å². The van der Waals surface area contributed by atoms with E-state index in [4.69, 9.17) is 9.84 Å². The van der Waals surface area contributed by atoms with E-state index < -0.39 is 11.4 Å². The molecule has 1 heterocycles. The number of rotatable bonds is 1. The van der Waals surface area contributed by atoms with E-state index in [9.17, 15) is 5.11 Å². The maximum Gasteiger partial charge on any atom is 0.217 e. The van der Waals surface area contributed by atoms with Crippen molar-refractivity contribution in [3.05, 3.63) is 35.9 Å². The molecule has 0 amide bonds. The first-order chi connectivity index (χ1) is 6.81. The molecule has 0 radical (unpaired) electrons. The molecule has 1 aliphatic rings. The normalized spacial score (nSPS) is 24.1.